The van der Waals surface area contributed by atoms with Gasteiger partial charge in [-0.15, -0.1) is 0 Å². The summed E-state index contributed by atoms with van der Waals surface area (Å²) >= 11 is 0. The van der Waals surface area contributed by atoms with Crippen molar-refractivity contribution in [3.8, 4) is 0 Å². The van der Waals surface area contributed by atoms with Crippen molar-refractivity contribution in [3.05, 3.63) is 0 Å². The van der Waals surface area contributed by atoms with Crippen LogP contribution in [0.25, 0.3) is 0 Å². The zero-order valence-corrected chi connectivity index (χ0v) is 10.1. The van der Waals surface area contributed by atoms with E-state index in [2.05, 4.69) is 4.90 Å². The molecule has 5 nitrogen and oxygen atoms in total. The number of amides is 1. The smallest absolute Gasteiger partial charge is 0.236 e. The molecule has 1 atom stereocenters. The lowest BCUT2D eigenvalue weighted by atomic mass is 10.1. The van der Waals surface area contributed by atoms with Gasteiger partial charge in [-0.1, -0.05) is 0 Å². The molecular weight excluding hydrogens is 220 g/mol. The van der Waals surface area contributed by atoms with Crippen LogP contribution in [0.15, 0.2) is 0 Å². The fourth-order valence-corrected chi connectivity index (χ4v) is 2.59. The summed E-state index contributed by atoms with van der Waals surface area (Å²) in [6, 6.07) is 0.144. The Bertz CT molecular complexity index is 296. The molecular formula is C12H20N2O3. The molecule has 1 unspecified atom stereocenters. The van der Waals surface area contributed by atoms with E-state index in [0.717, 1.165) is 19.4 Å². The van der Waals surface area contributed by atoms with Crippen molar-refractivity contribution in [2.75, 3.05) is 32.8 Å². The SMILES string of the molecule is O=C1CCN(C(=O)CN2CCCC2CO)CC1. The van der Waals surface area contributed by atoms with Gasteiger partial charge in [-0.2, -0.15) is 0 Å². The molecule has 0 aromatic rings. The van der Waals surface area contributed by atoms with Crippen LogP contribution in [0.1, 0.15) is 25.7 Å². The highest BCUT2D eigenvalue weighted by Crippen LogP contribution is 2.17. The zero-order chi connectivity index (χ0) is 12.3. The Morgan fingerprint density at radius 2 is 2.00 bits per heavy atom. The molecule has 0 spiro atoms. The minimum atomic E-state index is 0.0952. The fraction of sp³-hybridized carbons (Fsp3) is 0.833. The van der Waals surface area contributed by atoms with Gasteiger partial charge in [0.15, 0.2) is 0 Å². The van der Waals surface area contributed by atoms with E-state index in [1.54, 1.807) is 4.90 Å². The van der Waals surface area contributed by atoms with Gasteiger partial charge in [0.2, 0.25) is 5.91 Å². The van der Waals surface area contributed by atoms with E-state index < -0.39 is 0 Å². The second-order valence-corrected chi connectivity index (χ2v) is 4.87. The van der Waals surface area contributed by atoms with Crippen LogP contribution in [0.4, 0.5) is 0 Å². The molecule has 0 bridgehead atoms. The van der Waals surface area contributed by atoms with Crippen LogP contribution in [-0.2, 0) is 9.59 Å². The van der Waals surface area contributed by atoms with Crippen LogP contribution in [0.5, 0.6) is 0 Å². The number of rotatable bonds is 3. The van der Waals surface area contributed by atoms with Gasteiger partial charge in [0, 0.05) is 32.0 Å². The summed E-state index contributed by atoms with van der Waals surface area (Å²) in [7, 11) is 0. The van der Waals surface area contributed by atoms with Crippen molar-refractivity contribution in [2.45, 2.75) is 31.7 Å². The number of Topliss-reactive ketones (excluding diaryl/α,β-unsaturated/α-hetero) is 1. The number of hydrogen-bond donors (Lipinski definition) is 1. The highest BCUT2D eigenvalue weighted by molar-refractivity contribution is 5.84. The molecule has 0 aromatic carbocycles. The Labute approximate surface area is 101 Å². The van der Waals surface area contributed by atoms with Crippen LogP contribution in [0, 0.1) is 0 Å². The lowest BCUT2D eigenvalue weighted by molar-refractivity contribution is -0.135. The maximum absolute atomic E-state index is 12.0. The molecule has 0 saturated carbocycles. The summed E-state index contributed by atoms with van der Waals surface area (Å²) in [6.07, 6.45) is 3.02. The molecule has 1 amide bonds. The third-order valence-corrected chi connectivity index (χ3v) is 3.72. The number of aliphatic hydroxyl groups is 1. The summed E-state index contributed by atoms with van der Waals surface area (Å²) in [5.74, 6) is 0.348. The summed E-state index contributed by atoms with van der Waals surface area (Å²) in [6.45, 7) is 2.54. The van der Waals surface area contributed by atoms with E-state index in [1.165, 1.54) is 0 Å². The van der Waals surface area contributed by atoms with Crippen molar-refractivity contribution in [2.24, 2.45) is 0 Å². The Morgan fingerprint density at radius 1 is 1.29 bits per heavy atom. The predicted octanol–water partition coefficient (Wildman–Crippen LogP) is -0.365. The number of hydrogen-bond acceptors (Lipinski definition) is 4. The van der Waals surface area contributed by atoms with Crippen molar-refractivity contribution < 1.29 is 14.7 Å². The molecule has 0 aromatic heterocycles. The minimum Gasteiger partial charge on any atom is -0.395 e. The number of carbonyl (C=O) groups is 2. The number of aliphatic hydroxyl groups excluding tert-OH is 1. The van der Waals surface area contributed by atoms with Crippen LogP contribution in [0.2, 0.25) is 0 Å². The molecule has 2 rings (SSSR count). The molecule has 17 heavy (non-hydrogen) atoms. The first-order valence-corrected chi connectivity index (χ1v) is 6.35. The van der Waals surface area contributed by atoms with Gasteiger partial charge in [-0.25, -0.2) is 0 Å². The predicted molar refractivity (Wildman–Crippen MR) is 62.5 cm³/mol. The van der Waals surface area contributed by atoms with Gasteiger partial charge in [0.05, 0.1) is 13.2 Å². The number of carbonyl (C=O) groups excluding carboxylic acids is 2. The first kappa shape index (κ1) is 12.5. The van der Waals surface area contributed by atoms with E-state index in [9.17, 15) is 14.7 Å². The van der Waals surface area contributed by atoms with Crippen LogP contribution in [-0.4, -0.2) is 65.4 Å². The number of nitrogens with zero attached hydrogens (tertiary/aromatic N) is 2. The molecule has 2 fully saturated rings. The normalized spacial score (nSPS) is 26.5. The highest BCUT2D eigenvalue weighted by atomic mass is 16.3. The topological polar surface area (TPSA) is 60.9 Å². The quantitative estimate of drug-likeness (QED) is 0.731. The third-order valence-electron chi connectivity index (χ3n) is 3.72. The lowest BCUT2D eigenvalue weighted by Crippen LogP contribution is -2.46. The zero-order valence-electron chi connectivity index (χ0n) is 10.1. The second-order valence-electron chi connectivity index (χ2n) is 4.87. The summed E-state index contributed by atoms with van der Waals surface area (Å²) in [5.41, 5.74) is 0. The average Bonchev–Trinajstić information content (AvgIpc) is 2.77. The van der Waals surface area contributed by atoms with E-state index in [-0.39, 0.29) is 24.3 Å². The van der Waals surface area contributed by atoms with E-state index >= 15 is 0 Å². The summed E-state index contributed by atoms with van der Waals surface area (Å²) in [5, 5.41) is 9.18. The molecule has 96 valence electrons. The lowest BCUT2D eigenvalue weighted by Gasteiger charge is -2.29. The van der Waals surface area contributed by atoms with Crippen LogP contribution in [0.3, 0.4) is 0 Å². The number of piperidine rings is 1. The Hall–Kier alpha value is -0.940. The average molecular weight is 240 g/mol. The Kier molecular flexibility index (Phi) is 4.12. The van der Waals surface area contributed by atoms with E-state index in [4.69, 9.17) is 0 Å². The maximum Gasteiger partial charge on any atom is 0.236 e. The van der Waals surface area contributed by atoms with Gasteiger partial charge in [-0.3, -0.25) is 14.5 Å². The highest BCUT2D eigenvalue weighted by Gasteiger charge is 2.28. The van der Waals surface area contributed by atoms with Crippen LogP contribution >= 0.6 is 0 Å². The molecule has 2 heterocycles. The van der Waals surface area contributed by atoms with Gasteiger partial charge in [-0.05, 0) is 19.4 Å². The van der Waals surface area contributed by atoms with Crippen molar-refractivity contribution in [3.63, 3.8) is 0 Å². The van der Waals surface area contributed by atoms with Gasteiger partial charge in [0.1, 0.15) is 5.78 Å². The van der Waals surface area contributed by atoms with Gasteiger partial charge >= 0.3 is 0 Å². The number of ketones is 1. The van der Waals surface area contributed by atoms with E-state index in [1.807, 2.05) is 0 Å². The van der Waals surface area contributed by atoms with Gasteiger partial charge < -0.3 is 10.0 Å². The summed E-state index contributed by atoms with van der Waals surface area (Å²) in [4.78, 5) is 26.9. The fourth-order valence-electron chi connectivity index (χ4n) is 2.59. The van der Waals surface area contributed by atoms with Crippen molar-refractivity contribution in [1.29, 1.82) is 0 Å². The standard InChI is InChI=1S/C12H20N2O3/c15-9-10-2-1-5-14(10)8-12(17)13-6-3-11(16)4-7-13/h10,15H,1-9H2. The largest absolute Gasteiger partial charge is 0.395 e. The minimum absolute atomic E-state index is 0.0952. The first-order chi connectivity index (χ1) is 8.20. The second kappa shape index (κ2) is 5.60. The number of likely N-dealkylation sites (tertiary alicyclic amines) is 2. The third kappa shape index (κ3) is 3.04. The Balaban J connectivity index is 1.82. The molecule has 2 aliphatic rings. The molecule has 2 saturated heterocycles. The molecule has 0 aliphatic carbocycles. The molecule has 1 N–H and O–H groups in total. The van der Waals surface area contributed by atoms with Gasteiger partial charge in [0.25, 0.3) is 0 Å². The van der Waals surface area contributed by atoms with Crippen molar-refractivity contribution >= 4 is 11.7 Å². The Morgan fingerprint density at radius 3 is 2.65 bits per heavy atom. The monoisotopic (exact) mass is 240 g/mol. The summed E-state index contributed by atoms with van der Waals surface area (Å²) < 4.78 is 0. The van der Waals surface area contributed by atoms with Crippen molar-refractivity contribution in [1.82, 2.24) is 9.80 Å². The molecule has 0 radical (unpaired) electrons. The van der Waals surface area contributed by atoms with Crippen LogP contribution < -0.4 is 0 Å². The van der Waals surface area contributed by atoms with E-state index in [0.29, 0.717) is 32.5 Å². The molecule has 5 heteroatoms. The molecule has 2 aliphatic heterocycles. The first-order valence-electron chi connectivity index (χ1n) is 6.35. The maximum atomic E-state index is 12.0.